The van der Waals surface area contributed by atoms with Crippen molar-refractivity contribution in [1.29, 1.82) is 0 Å². The predicted molar refractivity (Wildman–Crippen MR) is 88.5 cm³/mol. The topological polar surface area (TPSA) is 12.0 Å². The molecule has 1 aromatic carbocycles. The zero-order chi connectivity index (χ0) is 14.0. The standard InChI is InChI=1S/C15H17BrClNS/c1-9(2)10-4-6-11(7-5-10)14(18-3)13-8-12(17)15(16)19-13/h4-9,14,18H,1-3H3. The fourth-order valence-electron chi connectivity index (χ4n) is 2.05. The van der Waals surface area contributed by atoms with Crippen molar-refractivity contribution in [3.8, 4) is 0 Å². The molecular weight excluding hydrogens is 342 g/mol. The molecule has 1 heterocycles. The van der Waals surface area contributed by atoms with Crippen molar-refractivity contribution >= 4 is 38.9 Å². The van der Waals surface area contributed by atoms with E-state index in [0.29, 0.717) is 5.92 Å². The van der Waals surface area contributed by atoms with Gasteiger partial charge in [-0.1, -0.05) is 49.7 Å². The number of hydrogen-bond donors (Lipinski definition) is 1. The molecule has 1 nitrogen and oxygen atoms in total. The van der Waals surface area contributed by atoms with Gasteiger partial charge in [0, 0.05) is 4.88 Å². The Kier molecular flexibility index (Phi) is 5.07. The van der Waals surface area contributed by atoms with E-state index in [1.165, 1.54) is 16.0 Å². The van der Waals surface area contributed by atoms with Gasteiger partial charge in [-0.25, -0.2) is 0 Å². The van der Waals surface area contributed by atoms with Crippen LogP contribution in [0.15, 0.2) is 34.1 Å². The molecule has 1 atom stereocenters. The minimum atomic E-state index is 0.190. The van der Waals surface area contributed by atoms with Crippen molar-refractivity contribution in [2.24, 2.45) is 0 Å². The van der Waals surface area contributed by atoms with E-state index in [-0.39, 0.29) is 6.04 Å². The molecule has 1 aromatic heterocycles. The van der Waals surface area contributed by atoms with Gasteiger partial charge in [-0.2, -0.15) is 0 Å². The molecule has 0 fully saturated rings. The maximum atomic E-state index is 6.12. The highest BCUT2D eigenvalue weighted by atomic mass is 79.9. The van der Waals surface area contributed by atoms with E-state index < -0.39 is 0 Å². The number of halogens is 2. The monoisotopic (exact) mass is 357 g/mol. The van der Waals surface area contributed by atoms with E-state index in [1.54, 1.807) is 11.3 Å². The average Bonchev–Trinajstić information content (AvgIpc) is 2.71. The van der Waals surface area contributed by atoms with E-state index >= 15 is 0 Å². The molecule has 1 unspecified atom stereocenters. The molecule has 0 saturated heterocycles. The highest BCUT2D eigenvalue weighted by Crippen LogP contribution is 2.37. The highest BCUT2D eigenvalue weighted by molar-refractivity contribution is 9.11. The van der Waals surface area contributed by atoms with Crippen molar-refractivity contribution in [3.05, 3.63) is 55.1 Å². The van der Waals surface area contributed by atoms with Crippen molar-refractivity contribution < 1.29 is 0 Å². The summed E-state index contributed by atoms with van der Waals surface area (Å²) in [5.74, 6) is 0.562. The molecule has 0 radical (unpaired) electrons. The summed E-state index contributed by atoms with van der Waals surface area (Å²) in [5, 5.41) is 4.13. The fraction of sp³-hybridized carbons (Fsp3) is 0.333. The first-order valence-corrected chi connectivity index (χ1v) is 8.23. The number of thiophene rings is 1. The van der Waals surface area contributed by atoms with E-state index in [1.807, 2.05) is 13.1 Å². The number of benzene rings is 1. The van der Waals surface area contributed by atoms with Gasteiger partial charge in [0.2, 0.25) is 0 Å². The van der Waals surface area contributed by atoms with Gasteiger partial charge < -0.3 is 5.32 Å². The first kappa shape index (κ1) is 15.0. The lowest BCUT2D eigenvalue weighted by molar-refractivity contribution is 0.703. The lowest BCUT2D eigenvalue weighted by Gasteiger charge is -2.16. The van der Waals surface area contributed by atoms with Crippen LogP contribution in [0.5, 0.6) is 0 Å². The Labute approximate surface area is 132 Å². The number of nitrogens with one attached hydrogen (secondary N) is 1. The summed E-state index contributed by atoms with van der Waals surface area (Å²) in [5.41, 5.74) is 2.63. The van der Waals surface area contributed by atoms with Crippen LogP contribution >= 0.6 is 38.9 Å². The molecule has 2 rings (SSSR count). The number of rotatable bonds is 4. The highest BCUT2D eigenvalue weighted by Gasteiger charge is 2.16. The average molecular weight is 359 g/mol. The van der Waals surface area contributed by atoms with E-state index in [0.717, 1.165) is 8.81 Å². The largest absolute Gasteiger partial charge is 0.309 e. The second-order valence-corrected chi connectivity index (χ2v) is 7.62. The molecule has 0 aliphatic heterocycles. The first-order valence-electron chi connectivity index (χ1n) is 6.24. The third-order valence-electron chi connectivity index (χ3n) is 3.17. The van der Waals surface area contributed by atoms with Gasteiger partial charge in [0.1, 0.15) is 0 Å². The quantitative estimate of drug-likeness (QED) is 0.750. The van der Waals surface area contributed by atoms with Crippen LogP contribution < -0.4 is 5.32 Å². The Morgan fingerprint density at radius 1 is 1.16 bits per heavy atom. The van der Waals surface area contributed by atoms with E-state index in [9.17, 15) is 0 Å². The summed E-state index contributed by atoms with van der Waals surface area (Å²) in [6.45, 7) is 4.42. The van der Waals surface area contributed by atoms with Gasteiger partial charge in [-0.3, -0.25) is 0 Å². The second-order valence-electron chi connectivity index (χ2n) is 4.81. The fourth-order valence-corrected chi connectivity index (χ4v) is 3.94. The molecule has 0 aliphatic rings. The first-order chi connectivity index (χ1) is 9.02. The maximum Gasteiger partial charge on any atom is 0.0888 e. The molecule has 0 aliphatic carbocycles. The molecule has 0 saturated carbocycles. The van der Waals surface area contributed by atoms with Crippen LogP contribution in [-0.2, 0) is 0 Å². The minimum Gasteiger partial charge on any atom is -0.309 e. The van der Waals surface area contributed by atoms with Crippen molar-refractivity contribution in [3.63, 3.8) is 0 Å². The van der Waals surface area contributed by atoms with Crippen molar-refractivity contribution in [1.82, 2.24) is 5.32 Å². The van der Waals surface area contributed by atoms with Gasteiger partial charge in [0.25, 0.3) is 0 Å². The summed E-state index contributed by atoms with van der Waals surface area (Å²) < 4.78 is 0.989. The van der Waals surface area contributed by atoms with Crippen LogP contribution in [0.3, 0.4) is 0 Å². The molecule has 2 aromatic rings. The third kappa shape index (κ3) is 3.40. The predicted octanol–water partition coefficient (Wildman–Crippen LogP) is 5.60. The third-order valence-corrected chi connectivity index (χ3v) is 5.71. The molecule has 0 amide bonds. The SMILES string of the molecule is CNC(c1ccc(C(C)C)cc1)c1cc(Cl)c(Br)s1. The lowest BCUT2D eigenvalue weighted by atomic mass is 9.98. The van der Waals surface area contributed by atoms with Gasteiger partial charge in [0.15, 0.2) is 0 Å². The van der Waals surface area contributed by atoms with Gasteiger partial charge >= 0.3 is 0 Å². The van der Waals surface area contributed by atoms with Crippen LogP contribution in [0.25, 0.3) is 0 Å². The molecule has 0 bridgehead atoms. The Balaban J connectivity index is 2.31. The summed E-state index contributed by atoms with van der Waals surface area (Å²) in [6, 6.07) is 11.0. The van der Waals surface area contributed by atoms with E-state index in [2.05, 4.69) is 59.4 Å². The van der Waals surface area contributed by atoms with Crippen LogP contribution in [0.1, 0.15) is 41.8 Å². The molecule has 19 heavy (non-hydrogen) atoms. The molecule has 4 heteroatoms. The summed E-state index contributed by atoms with van der Waals surface area (Å²) in [7, 11) is 1.97. The molecule has 0 spiro atoms. The Morgan fingerprint density at radius 3 is 2.16 bits per heavy atom. The van der Waals surface area contributed by atoms with Crippen LogP contribution in [0.4, 0.5) is 0 Å². The van der Waals surface area contributed by atoms with Crippen LogP contribution in [-0.4, -0.2) is 7.05 Å². The van der Waals surface area contributed by atoms with Crippen molar-refractivity contribution in [2.45, 2.75) is 25.8 Å². The van der Waals surface area contributed by atoms with Crippen LogP contribution in [0, 0.1) is 0 Å². The Bertz CT molecular complexity index is 528. The molecule has 102 valence electrons. The summed E-state index contributed by atoms with van der Waals surface area (Å²) in [6.07, 6.45) is 0. The van der Waals surface area contributed by atoms with Crippen LogP contribution in [0.2, 0.25) is 5.02 Å². The summed E-state index contributed by atoms with van der Waals surface area (Å²) in [4.78, 5) is 1.22. The van der Waals surface area contributed by atoms with Gasteiger partial charge in [0.05, 0.1) is 14.9 Å². The normalized spacial score (nSPS) is 12.9. The second kappa shape index (κ2) is 6.40. The Morgan fingerprint density at radius 2 is 1.74 bits per heavy atom. The van der Waals surface area contributed by atoms with Gasteiger partial charge in [-0.15, -0.1) is 11.3 Å². The molecular formula is C15H17BrClNS. The smallest absolute Gasteiger partial charge is 0.0888 e. The summed E-state index contributed by atoms with van der Waals surface area (Å²) >= 11 is 11.3. The van der Waals surface area contributed by atoms with Crippen molar-refractivity contribution in [2.75, 3.05) is 7.05 Å². The number of hydrogen-bond acceptors (Lipinski definition) is 2. The van der Waals surface area contributed by atoms with Gasteiger partial charge in [-0.05, 0) is 46.1 Å². The maximum absolute atomic E-state index is 6.12. The molecule has 1 N–H and O–H groups in total. The van der Waals surface area contributed by atoms with E-state index in [4.69, 9.17) is 11.6 Å². The Hall–Kier alpha value is -0.350. The minimum absolute atomic E-state index is 0.190. The lowest BCUT2D eigenvalue weighted by Crippen LogP contribution is -2.16. The zero-order valence-corrected chi connectivity index (χ0v) is 14.4. The zero-order valence-electron chi connectivity index (χ0n) is 11.2.